The Bertz CT molecular complexity index is 683. The number of rotatable bonds is 5. The van der Waals surface area contributed by atoms with Gasteiger partial charge in [-0.25, -0.2) is 4.79 Å². The summed E-state index contributed by atoms with van der Waals surface area (Å²) >= 11 is 0. The molecule has 1 aromatic carbocycles. The Morgan fingerprint density at radius 3 is 2.32 bits per heavy atom. The van der Waals surface area contributed by atoms with Crippen molar-refractivity contribution in [1.29, 1.82) is 0 Å². The van der Waals surface area contributed by atoms with Crippen LogP contribution >= 0.6 is 0 Å². The Morgan fingerprint density at radius 1 is 1.14 bits per heavy atom. The SMILES string of the molecule is Cc1ccc(C(C)(C)C(=O)NCc2ccc(C(=O)O)o2)cc1. The lowest BCUT2D eigenvalue weighted by atomic mass is 9.83. The highest BCUT2D eigenvalue weighted by atomic mass is 16.4. The molecule has 2 aromatic rings. The smallest absolute Gasteiger partial charge is 0.371 e. The van der Waals surface area contributed by atoms with Crippen molar-refractivity contribution in [2.24, 2.45) is 0 Å². The fourth-order valence-electron chi connectivity index (χ4n) is 2.08. The van der Waals surface area contributed by atoms with E-state index in [0.717, 1.165) is 11.1 Å². The van der Waals surface area contributed by atoms with Crippen molar-refractivity contribution in [3.05, 3.63) is 59.0 Å². The Balaban J connectivity index is 2.04. The second kappa shape index (κ2) is 6.05. The van der Waals surface area contributed by atoms with Crippen molar-refractivity contribution in [3.8, 4) is 0 Å². The van der Waals surface area contributed by atoms with Crippen molar-refractivity contribution >= 4 is 11.9 Å². The van der Waals surface area contributed by atoms with Gasteiger partial charge in [-0.1, -0.05) is 29.8 Å². The fourth-order valence-corrected chi connectivity index (χ4v) is 2.08. The minimum absolute atomic E-state index is 0.137. The zero-order chi connectivity index (χ0) is 16.3. The molecule has 22 heavy (non-hydrogen) atoms. The average molecular weight is 301 g/mol. The maximum absolute atomic E-state index is 12.4. The van der Waals surface area contributed by atoms with Crippen molar-refractivity contribution < 1.29 is 19.1 Å². The number of furan rings is 1. The third kappa shape index (κ3) is 3.36. The Morgan fingerprint density at radius 2 is 1.77 bits per heavy atom. The van der Waals surface area contributed by atoms with E-state index in [-0.39, 0.29) is 18.2 Å². The van der Waals surface area contributed by atoms with Gasteiger partial charge in [-0.05, 0) is 38.5 Å². The van der Waals surface area contributed by atoms with Crippen molar-refractivity contribution in [2.45, 2.75) is 32.7 Å². The molecule has 0 saturated heterocycles. The molecular weight excluding hydrogens is 282 g/mol. The molecule has 1 heterocycles. The molecule has 0 aliphatic carbocycles. The molecule has 5 nitrogen and oxygen atoms in total. The van der Waals surface area contributed by atoms with Crippen LogP contribution in [0.4, 0.5) is 0 Å². The Hall–Kier alpha value is -2.56. The van der Waals surface area contributed by atoms with E-state index in [2.05, 4.69) is 5.32 Å². The van der Waals surface area contributed by atoms with Gasteiger partial charge in [0.25, 0.3) is 0 Å². The second-order valence-electron chi connectivity index (χ2n) is 5.74. The van der Waals surface area contributed by atoms with E-state index in [1.165, 1.54) is 6.07 Å². The van der Waals surface area contributed by atoms with Gasteiger partial charge in [0.05, 0.1) is 12.0 Å². The van der Waals surface area contributed by atoms with Crippen LogP contribution in [0.1, 0.15) is 41.3 Å². The van der Waals surface area contributed by atoms with E-state index >= 15 is 0 Å². The van der Waals surface area contributed by atoms with Crippen molar-refractivity contribution in [2.75, 3.05) is 0 Å². The summed E-state index contributed by atoms with van der Waals surface area (Å²) in [7, 11) is 0. The molecule has 0 fully saturated rings. The van der Waals surface area contributed by atoms with Crippen LogP contribution < -0.4 is 5.32 Å². The van der Waals surface area contributed by atoms with Gasteiger partial charge in [0.15, 0.2) is 0 Å². The first-order valence-electron chi connectivity index (χ1n) is 6.98. The summed E-state index contributed by atoms with van der Waals surface area (Å²) in [6.07, 6.45) is 0. The van der Waals surface area contributed by atoms with E-state index in [0.29, 0.717) is 5.76 Å². The summed E-state index contributed by atoms with van der Waals surface area (Å²) in [6, 6.07) is 10.7. The molecule has 0 spiro atoms. The molecule has 0 saturated carbocycles. The third-order valence-corrected chi connectivity index (χ3v) is 3.64. The molecule has 2 rings (SSSR count). The predicted molar refractivity (Wildman–Crippen MR) is 81.7 cm³/mol. The number of carbonyl (C=O) groups excluding carboxylic acids is 1. The molecule has 0 radical (unpaired) electrons. The number of hydrogen-bond donors (Lipinski definition) is 2. The number of aromatic carboxylic acids is 1. The normalized spacial score (nSPS) is 11.2. The summed E-state index contributed by atoms with van der Waals surface area (Å²) in [5.41, 5.74) is 1.37. The molecule has 1 amide bonds. The predicted octanol–water partition coefficient (Wildman–Crippen LogP) is 2.88. The number of benzene rings is 1. The van der Waals surface area contributed by atoms with Crippen LogP contribution in [0.15, 0.2) is 40.8 Å². The quantitative estimate of drug-likeness (QED) is 0.890. The summed E-state index contributed by atoms with van der Waals surface area (Å²) in [6.45, 7) is 5.84. The number of aryl methyl sites for hydroxylation is 1. The Kier molecular flexibility index (Phi) is 4.35. The lowest BCUT2D eigenvalue weighted by molar-refractivity contribution is -0.125. The highest BCUT2D eigenvalue weighted by Crippen LogP contribution is 2.24. The van der Waals surface area contributed by atoms with Gasteiger partial charge in [0.1, 0.15) is 5.76 Å². The Labute approximate surface area is 129 Å². The lowest BCUT2D eigenvalue weighted by Gasteiger charge is -2.24. The van der Waals surface area contributed by atoms with Gasteiger partial charge in [-0.2, -0.15) is 0 Å². The van der Waals surface area contributed by atoms with E-state index in [1.54, 1.807) is 6.07 Å². The molecular formula is C17H19NO4. The second-order valence-corrected chi connectivity index (χ2v) is 5.74. The van der Waals surface area contributed by atoms with Gasteiger partial charge in [0.2, 0.25) is 11.7 Å². The van der Waals surface area contributed by atoms with Crippen LogP contribution in [-0.2, 0) is 16.8 Å². The van der Waals surface area contributed by atoms with Crippen LogP contribution in [0.3, 0.4) is 0 Å². The minimum atomic E-state index is -1.13. The molecule has 116 valence electrons. The molecule has 0 aliphatic rings. The van der Waals surface area contributed by atoms with E-state index in [9.17, 15) is 9.59 Å². The minimum Gasteiger partial charge on any atom is -0.475 e. The summed E-state index contributed by atoms with van der Waals surface area (Å²) in [5, 5.41) is 11.6. The number of carboxylic acid groups (broad SMARTS) is 1. The molecule has 5 heteroatoms. The molecule has 2 N–H and O–H groups in total. The summed E-state index contributed by atoms with van der Waals surface area (Å²) in [4.78, 5) is 23.1. The van der Waals surface area contributed by atoms with Crippen LogP contribution in [0.2, 0.25) is 0 Å². The van der Waals surface area contributed by atoms with E-state index in [1.807, 2.05) is 45.0 Å². The summed E-state index contributed by atoms with van der Waals surface area (Å²) < 4.78 is 5.12. The number of nitrogens with one attached hydrogen (secondary N) is 1. The van der Waals surface area contributed by atoms with Gasteiger partial charge in [-0.3, -0.25) is 4.79 Å². The maximum atomic E-state index is 12.4. The number of carbonyl (C=O) groups is 2. The average Bonchev–Trinajstić information content (AvgIpc) is 2.94. The third-order valence-electron chi connectivity index (χ3n) is 3.64. The number of carboxylic acids is 1. The monoisotopic (exact) mass is 301 g/mol. The molecule has 1 aromatic heterocycles. The number of amides is 1. The van der Waals surface area contributed by atoms with Gasteiger partial charge >= 0.3 is 5.97 Å². The summed E-state index contributed by atoms with van der Waals surface area (Å²) in [5.74, 6) is -1.00. The van der Waals surface area contributed by atoms with E-state index < -0.39 is 11.4 Å². The standard InChI is InChI=1S/C17H19NO4/c1-11-4-6-12(7-5-11)17(2,3)16(21)18-10-13-8-9-14(22-13)15(19)20/h4-9H,10H2,1-3H3,(H,18,21)(H,19,20). The van der Waals surface area contributed by atoms with Crippen LogP contribution in [0, 0.1) is 6.92 Å². The molecule has 0 unspecified atom stereocenters. The van der Waals surface area contributed by atoms with Crippen LogP contribution in [-0.4, -0.2) is 17.0 Å². The number of hydrogen-bond acceptors (Lipinski definition) is 3. The molecule has 0 aliphatic heterocycles. The lowest BCUT2D eigenvalue weighted by Crippen LogP contribution is -2.39. The highest BCUT2D eigenvalue weighted by molar-refractivity contribution is 5.87. The molecule has 0 bridgehead atoms. The highest BCUT2D eigenvalue weighted by Gasteiger charge is 2.29. The first-order chi connectivity index (χ1) is 10.3. The largest absolute Gasteiger partial charge is 0.475 e. The zero-order valence-corrected chi connectivity index (χ0v) is 12.8. The zero-order valence-electron chi connectivity index (χ0n) is 12.8. The van der Waals surface area contributed by atoms with Crippen molar-refractivity contribution in [1.82, 2.24) is 5.32 Å². The first-order valence-corrected chi connectivity index (χ1v) is 6.98. The van der Waals surface area contributed by atoms with Gasteiger partial charge in [-0.15, -0.1) is 0 Å². The maximum Gasteiger partial charge on any atom is 0.371 e. The van der Waals surface area contributed by atoms with Crippen LogP contribution in [0.25, 0.3) is 0 Å². The van der Waals surface area contributed by atoms with Crippen LogP contribution in [0.5, 0.6) is 0 Å². The molecule has 0 atom stereocenters. The fraction of sp³-hybridized carbons (Fsp3) is 0.294. The van der Waals surface area contributed by atoms with Gasteiger partial charge in [0, 0.05) is 0 Å². The topological polar surface area (TPSA) is 79.5 Å². The first kappa shape index (κ1) is 15.8. The van der Waals surface area contributed by atoms with E-state index in [4.69, 9.17) is 9.52 Å². The van der Waals surface area contributed by atoms with Crippen molar-refractivity contribution in [3.63, 3.8) is 0 Å². The van der Waals surface area contributed by atoms with Gasteiger partial charge < -0.3 is 14.8 Å².